The fraction of sp³-hybridized carbons (Fsp3) is 0.333. The van der Waals surface area contributed by atoms with E-state index in [1.807, 2.05) is 94.5 Å². The zero-order chi connectivity index (χ0) is 33.9. The zero-order valence-electron chi connectivity index (χ0n) is 26.7. The van der Waals surface area contributed by atoms with Crippen LogP contribution in [0.2, 0.25) is 0 Å². The first-order valence-electron chi connectivity index (χ1n) is 14.4. The van der Waals surface area contributed by atoms with E-state index < -0.39 is 49.3 Å². The second-order valence-corrected chi connectivity index (χ2v) is 10.6. The van der Waals surface area contributed by atoms with Crippen molar-refractivity contribution in [1.29, 1.82) is 0 Å². The minimum atomic E-state index is -1.66. The molecule has 1 aliphatic rings. The van der Waals surface area contributed by atoms with Crippen molar-refractivity contribution in [2.24, 2.45) is 0 Å². The molecule has 1 fully saturated rings. The molecule has 45 heavy (non-hydrogen) atoms. The summed E-state index contributed by atoms with van der Waals surface area (Å²) in [7, 11) is 0. The number of carbonyl (C=O) groups excluding carboxylic acids is 1. The highest BCUT2D eigenvalue weighted by atomic mass is 16.7. The van der Waals surface area contributed by atoms with E-state index in [1.165, 1.54) is 13.0 Å². The lowest BCUT2D eigenvalue weighted by Gasteiger charge is -2.39. The smallest absolute Gasteiger partial charge is 0.336 e. The molecule has 9 nitrogen and oxygen atoms in total. The van der Waals surface area contributed by atoms with Gasteiger partial charge in [0.2, 0.25) is 6.29 Å². The Morgan fingerprint density at radius 3 is 1.42 bits per heavy atom. The van der Waals surface area contributed by atoms with Crippen molar-refractivity contribution < 1.29 is 44.6 Å². The van der Waals surface area contributed by atoms with Crippen LogP contribution in [0.15, 0.2) is 131 Å². The van der Waals surface area contributed by atoms with Crippen molar-refractivity contribution in [2.75, 3.05) is 6.61 Å². The summed E-state index contributed by atoms with van der Waals surface area (Å²) in [6.45, 7) is 10.3. The van der Waals surface area contributed by atoms with Gasteiger partial charge in [0.15, 0.2) is 0 Å². The molecule has 0 saturated carbocycles. The topological polar surface area (TPSA) is 154 Å². The number of ether oxygens (including phenoxy) is 2. The van der Waals surface area contributed by atoms with E-state index in [0.29, 0.717) is 0 Å². The van der Waals surface area contributed by atoms with Crippen molar-refractivity contribution in [3.05, 3.63) is 131 Å². The highest BCUT2D eigenvalue weighted by Gasteiger charge is 2.45. The van der Waals surface area contributed by atoms with Gasteiger partial charge in [-0.25, -0.2) is 9.59 Å². The van der Waals surface area contributed by atoms with Gasteiger partial charge < -0.3 is 35.0 Å². The summed E-state index contributed by atoms with van der Waals surface area (Å²) in [5.74, 6) is -1.71. The van der Waals surface area contributed by atoms with Gasteiger partial charge in [-0.15, -0.1) is 0 Å². The molecule has 0 aliphatic carbocycles. The van der Waals surface area contributed by atoms with Gasteiger partial charge in [0.1, 0.15) is 24.4 Å². The molecule has 5 N–H and O–H groups in total. The Balaban J connectivity index is 2.61. The van der Waals surface area contributed by atoms with E-state index in [4.69, 9.17) is 14.6 Å². The fourth-order valence-electron chi connectivity index (χ4n) is 3.53. The lowest BCUT2D eigenvalue weighted by molar-refractivity contribution is -0.291. The molecular weight excluding hydrogens is 576 g/mol. The van der Waals surface area contributed by atoms with Crippen LogP contribution in [-0.2, 0) is 19.1 Å². The normalized spacial score (nSPS) is 25.1. The highest BCUT2D eigenvalue weighted by molar-refractivity contribution is 5.88. The van der Waals surface area contributed by atoms with Crippen molar-refractivity contribution in [1.82, 2.24) is 0 Å². The Labute approximate surface area is 265 Å². The monoisotopic (exact) mass is 622 g/mol. The minimum Gasteiger partial charge on any atom is -0.478 e. The molecule has 5 unspecified atom stereocenters. The van der Waals surface area contributed by atoms with Crippen LogP contribution < -0.4 is 0 Å². The number of aliphatic carboxylic acids is 1. The van der Waals surface area contributed by atoms with E-state index in [2.05, 4.69) is 0 Å². The van der Waals surface area contributed by atoms with Gasteiger partial charge in [-0.3, -0.25) is 0 Å². The molecule has 5 atom stereocenters. The third-order valence-electron chi connectivity index (χ3n) is 6.41. The second-order valence-electron chi connectivity index (χ2n) is 10.6. The minimum absolute atomic E-state index is 0.221. The van der Waals surface area contributed by atoms with E-state index in [1.54, 1.807) is 31.2 Å². The molecule has 0 spiro atoms. The third-order valence-corrected chi connectivity index (χ3v) is 6.41. The molecule has 1 saturated heterocycles. The highest BCUT2D eigenvalue weighted by Crippen LogP contribution is 2.22. The SMILES string of the molecule is CC(C=CC=C(C)C=CC=C(C)C(=O)O)=CC=CC=C(C)C=CC=C(C)C=CC=C(C)C(=O)OC1OC(CO)C(O)C(O)C1O. The van der Waals surface area contributed by atoms with Crippen LogP contribution >= 0.6 is 0 Å². The quantitative estimate of drug-likeness (QED) is 0.104. The van der Waals surface area contributed by atoms with Crippen LogP contribution in [0.5, 0.6) is 0 Å². The average Bonchev–Trinajstić information content (AvgIpc) is 2.99. The van der Waals surface area contributed by atoms with E-state index in [9.17, 15) is 30.0 Å². The molecule has 0 radical (unpaired) electrons. The Bertz CT molecular complexity index is 1340. The first-order valence-corrected chi connectivity index (χ1v) is 14.4. The van der Waals surface area contributed by atoms with Gasteiger partial charge in [-0.05, 0) is 41.5 Å². The molecule has 1 rings (SSSR count). The van der Waals surface area contributed by atoms with Crippen LogP contribution in [0.1, 0.15) is 41.5 Å². The largest absolute Gasteiger partial charge is 0.478 e. The predicted molar refractivity (Wildman–Crippen MR) is 176 cm³/mol. The van der Waals surface area contributed by atoms with Crippen LogP contribution in [0.4, 0.5) is 0 Å². The molecule has 0 aromatic carbocycles. The van der Waals surface area contributed by atoms with Crippen molar-refractivity contribution >= 4 is 11.9 Å². The number of aliphatic hydroxyl groups excluding tert-OH is 4. The van der Waals surface area contributed by atoms with Gasteiger partial charge in [-0.1, -0.05) is 120 Å². The molecule has 0 aromatic rings. The summed E-state index contributed by atoms with van der Waals surface area (Å²) in [6, 6.07) is 0. The van der Waals surface area contributed by atoms with Crippen molar-refractivity contribution in [3.8, 4) is 0 Å². The number of rotatable bonds is 14. The maximum absolute atomic E-state index is 12.4. The molecule has 0 bridgehead atoms. The van der Waals surface area contributed by atoms with Crippen LogP contribution in [-0.4, -0.2) is 74.8 Å². The molecular formula is C36H46O9. The summed E-state index contributed by atoms with van der Waals surface area (Å²) < 4.78 is 10.3. The van der Waals surface area contributed by atoms with Gasteiger partial charge in [-0.2, -0.15) is 0 Å². The molecule has 9 heteroatoms. The first kappa shape index (κ1) is 38.9. The van der Waals surface area contributed by atoms with Crippen molar-refractivity contribution in [2.45, 2.75) is 72.2 Å². The van der Waals surface area contributed by atoms with Gasteiger partial charge in [0, 0.05) is 11.1 Å². The van der Waals surface area contributed by atoms with E-state index >= 15 is 0 Å². The van der Waals surface area contributed by atoms with Crippen molar-refractivity contribution in [3.63, 3.8) is 0 Å². The fourth-order valence-corrected chi connectivity index (χ4v) is 3.53. The zero-order valence-corrected chi connectivity index (χ0v) is 26.7. The number of hydrogen-bond acceptors (Lipinski definition) is 8. The standard InChI is InChI=1S/C36H46O9/c1-24(15-9-17-26(3)19-11-21-28(5)34(41)42)13-7-8-14-25(2)16-10-18-27(4)20-12-22-29(6)35(43)45-36-33(40)32(39)31(38)30(23-37)44-36/h7-22,30-33,36-40H,23H2,1-6H3,(H,41,42). The number of allylic oxidation sites excluding steroid dienone is 20. The summed E-state index contributed by atoms with van der Waals surface area (Å²) in [5, 5.41) is 47.8. The summed E-state index contributed by atoms with van der Waals surface area (Å²) in [6.07, 6.45) is 22.2. The summed E-state index contributed by atoms with van der Waals surface area (Å²) in [4.78, 5) is 23.1. The average molecular weight is 623 g/mol. The Morgan fingerprint density at radius 2 is 1.00 bits per heavy atom. The van der Waals surface area contributed by atoms with E-state index in [0.717, 1.165) is 22.3 Å². The van der Waals surface area contributed by atoms with Gasteiger partial charge in [0.25, 0.3) is 0 Å². The number of esters is 1. The van der Waals surface area contributed by atoms with Gasteiger partial charge >= 0.3 is 11.9 Å². The number of carboxylic acid groups (broad SMARTS) is 1. The Hall–Kier alpha value is -4.12. The molecule has 0 amide bonds. The number of hydrogen-bond donors (Lipinski definition) is 5. The van der Waals surface area contributed by atoms with Crippen LogP contribution in [0.3, 0.4) is 0 Å². The lowest BCUT2D eigenvalue weighted by Crippen LogP contribution is -2.59. The maximum Gasteiger partial charge on any atom is 0.336 e. The molecule has 0 aromatic heterocycles. The third kappa shape index (κ3) is 15.4. The summed E-state index contributed by atoms with van der Waals surface area (Å²) in [5.41, 5.74) is 4.54. The molecule has 244 valence electrons. The summed E-state index contributed by atoms with van der Waals surface area (Å²) >= 11 is 0. The van der Waals surface area contributed by atoms with Crippen LogP contribution in [0, 0.1) is 0 Å². The van der Waals surface area contributed by atoms with Crippen LogP contribution in [0.25, 0.3) is 0 Å². The first-order chi connectivity index (χ1) is 21.3. The maximum atomic E-state index is 12.4. The lowest BCUT2D eigenvalue weighted by atomic mass is 9.99. The second kappa shape index (κ2) is 20.8. The predicted octanol–water partition coefficient (Wildman–Crippen LogP) is 4.87. The molecule has 1 heterocycles. The number of carbonyl (C=O) groups is 2. The van der Waals surface area contributed by atoms with Gasteiger partial charge in [0.05, 0.1) is 6.61 Å². The van der Waals surface area contributed by atoms with E-state index in [-0.39, 0.29) is 11.1 Å². The Morgan fingerprint density at radius 1 is 0.600 bits per heavy atom. The number of carboxylic acids is 1. The number of aliphatic hydroxyl groups is 4. The molecule has 1 aliphatic heterocycles. The Kier molecular flexibility index (Phi) is 18.0.